The minimum Gasteiger partial charge on any atom is -0.461 e. The lowest BCUT2D eigenvalue weighted by atomic mass is 10.2. The summed E-state index contributed by atoms with van der Waals surface area (Å²) >= 11 is 9.27. The number of carbonyl (C=O) groups excluding carboxylic acids is 1. The molecule has 1 aliphatic rings. The van der Waals surface area contributed by atoms with E-state index in [1.807, 2.05) is 41.8 Å². The van der Waals surface area contributed by atoms with Crippen molar-refractivity contribution in [1.82, 2.24) is 30.0 Å². The van der Waals surface area contributed by atoms with E-state index in [0.29, 0.717) is 39.8 Å². The number of carbonyl (C=O) groups is 1. The van der Waals surface area contributed by atoms with Crippen molar-refractivity contribution in [3.05, 3.63) is 63.3 Å². The first-order chi connectivity index (χ1) is 18.1. The number of ether oxygens (including phenoxy) is 1. The highest BCUT2D eigenvalue weighted by Crippen LogP contribution is 2.32. The van der Waals surface area contributed by atoms with Gasteiger partial charge in [0, 0.05) is 30.0 Å². The van der Waals surface area contributed by atoms with Crippen molar-refractivity contribution in [2.45, 2.75) is 24.3 Å². The maximum Gasteiger partial charge on any atom is 0.270 e. The van der Waals surface area contributed by atoms with E-state index in [9.17, 15) is 4.79 Å². The van der Waals surface area contributed by atoms with E-state index in [1.165, 1.54) is 23.1 Å². The van der Waals surface area contributed by atoms with Gasteiger partial charge in [0.25, 0.3) is 5.91 Å². The zero-order valence-electron chi connectivity index (χ0n) is 20.4. The van der Waals surface area contributed by atoms with E-state index >= 15 is 0 Å². The smallest absolute Gasteiger partial charge is 0.270 e. The van der Waals surface area contributed by atoms with E-state index in [4.69, 9.17) is 20.8 Å². The van der Waals surface area contributed by atoms with Crippen LogP contribution in [0.15, 0.2) is 51.5 Å². The van der Waals surface area contributed by atoms with Gasteiger partial charge in [0.05, 0.1) is 30.9 Å². The van der Waals surface area contributed by atoms with Crippen LogP contribution < -0.4 is 5.32 Å². The van der Waals surface area contributed by atoms with E-state index in [1.54, 1.807) is 11.6 Å². The fourth-order valence-electron chi connectivity index (χ4n) is 4.00. The number of aromatic nitrogens is 4. The van der Waals surface area contributed by atoms with Gasteiger partial charge in [0.15, 0.2) is 10.9 Å². The highest BCUT2D eigenvalue weighted by atomic mass is 35.5. The first-order valence-electron chi connectivity index (χ1n) is 12.0. The van der Waals surface area contributed by atoms with E-state index in [2.05, 4.69) is 25.4 Å². The molecule has 0 spiro atoms. The van der Waals surface area contributed by atoms with Crippen molar-refractivity contribution in [2.75, 3.05) is 39.4 Å². The number of benzene rings is 1. The quantitative estimate of drug-likeness (QED) is 0.221. The van der Waals surface area contributed by atoms with Gasteiger partial charge in [-0.25, -0.2) is 4.98 Å². The van der Waals surface area contributed by atoms with Crippen LogP contribution in [-0.4, -0.2) is 69.9 Å². The second-order valence-electron chi connectivity index (χ2n) is 8.53. The summed E-state index contributed by atoms with van der Waals surface area (Å²) in [7, 11) is 0. The molecule has 1 N–H and O–H groups in total. The third-order valence-electron chi connectivity index (χ3n) is 5.94. The molecule has 3 aromatic heterocycles. The van der Waals surface area contributed by atoms with Crippen molar-refractivity contribution in [2.24, 2.45) is 0 Å². The molecule has 1 aromatic carbocycles. The first kappa shape index (κ1) is 25.9. The minimum atomic E-state index is -0.146. The third-order valence-corrected chi connectivity index (χ3v) is 8.14. The zero-order chi connectivity index (χ0) is 25.6. The Morgan fingerprint density at radius 2 is 2.11 bits per heavy atom. The molecule has 0 saturated carbocycles. The van der Waals surface area contributed by atoms with Crippen LogP contribution in [0, 0.1) is 6.92 Å². The van der Waals surface area contributed by atoms with Gasteiger partial charge in [-0.2, -0.15) is 0 Å². The molecule has 1 aliphatic heterocycles. The molecule has 0 aliphatic carbocycles. The van der Waals surface area contributed by atoms with Gasteiger partial charge < -0.3 is 14.5 Å². The summed E-state index contributed by atoms with van der Waals surface area (Å²) in [4.78, 5) is 19.5. The molecule has 0 bridgehead atoms. The number of rotatable bonds is 10. The number of thiazole rings is 1. The van der Waals surface area contributed by atoms with Crippen molar-refractivity contribution < 1.29 is 13.9 Å². The number of hydrogen-bond acceptors (Lipinski definition) is 9. The van der Waals surface area contributed by atoms with Crippen LogP contribution in [0.2, 0.25) is 5.02 Å². The molecule has 1 fully saturated rings. The Morgan fingerprint density at radius 3 is 2.92 bits per heavy atom. The SMILES string of the molecule is Cc1ccc(Cl)cc1-n1c(SCc2nc(C(=O)NCCCN3CCOCC3)cs2)nnc1-c1ccco1. The molecule has 4 aromatic rings. The van der Waals surface area contributed by atoms with Gasteiger partial charge in [-0.05, 0) is 49.7 Å². The topological polar surface area (TPSA) is 98.3 Å². The van der Waals surface area contributed by atoms with Gasteiger partial charge in [-0.15, -0.1) is 21.5 Å². The number of furan rings is 1. The predicted molar refractivity (Wildman–Crippen MR) is 145 cm³/mol. The lowest BCUT2D eigenvalue weighted by Crippen LogP contribution is -2.38. The highest BCUT2D eigenvalue weighted by molar-refractivity contribution is 7.98. The maximum absolute atomic E-state index is 12.6. The van der Waals surface area contributed by atoms with Gasteiger partial charge >= 0.3 is 0 Å². The molecule has 1 saturated heterocycles. The molecule has 1 amide bonds. The number of aryl methyl sites for hydroxylation is 1. The fraction of sp³-hybridized carbons (Fsp3) is 0.360. The molecular weight excluding hydrogens is 532 g/mol. The summed E-state index contributed by atoms with van der Waals surface area (Å²) in [6.45, 7) is 7.06. The molecule has 0 unspecified atom stereocenters. The molecule has 9 nitrogen and oxygen atoms in total. The van der Waals surface area contributed by atoms with Crippen molar-refractivity contribution in [3.63, 3.8) is 0 Å². The Kier molecular flexibility index (Phi) is 8.57. The third kappa shape index (κ3) is 6.42. The monoisotopic (exact) mass is 558 g/mol. The minimum absolute atomic E-state index is 0.146. The lowest BCUT2D eigenvalue weighted by Gasteiger charge is -2.26. The van der Waals surface area contributed by atoms with Crippen LogP contribution in [-0.2, 0) is 10.5 Å². The van der Waals surface area contributed by atoms with Crippen LogP contribution in [0.3, 0.4) is 0 Å². The van der Waals surface area contributed by atoms with Crippen molar-refractivity contribution in [3.8, 4) is 17.3 Å². The number of amides is 1. The van der Waals surface area contributed by atoms with Crippen LogP contribution in [0.5, 0.6) is 0 Å². The second kappa shape index (κ2) is 12.2. The van der Waals surface area contributed by atoms with Crippen molar-refractivity contribution >= 4 is 40.6 Å². The summed E-state index contributed by atoms with van der Waals surface area (Å²) < 4.78 is 12.9. The van der Waals surface area contributed by atoms with Crippen LogP contribution in [0.1, 0.15) is 27.5 Å². The van der Waals surface area contributed by atoms with Gasteiger partial charge in [0.1, 0.15) is 10.7 Å². The predicted octanol–water partition coefficient (Wildman–Crippen LogP) is 4.69. The fourth-order valence-corrected chi connectivity index (χ4v) is 5.90. The Labute approximate surface area is 228 Å². The molecule has 4 heterocycles. The normalized spacial score (nSPS) is 14.2. The summed E-state index contributed by atoms with van der Waals surface area (Å²) in [5.74, 6) is 1.60. The average molecular weight is 559 g/mol. The average Bonchev–Trinajstić information content (AvgIpc) is 3.68. The molecule has 5 rings (SSSR count). The summed E-state index contributed by atoms with van der Waals surface area (Å²) in [5.41, 5.74) is 2.35. The van der Waals surface area contributed by atoms with Gasteiger partial charge in [-0.1, -0.05) is 29.4 Å². The molecule has 0 atom stereocenters. The number of nitrogens with one attached hydrogen (secondary N) is 1. The van der Waals surface area contributed by atoms with Gasteiger partial charge in [-0.3, -0.25) is 14.3 Å². The Morgan fingerprint density at radius 1 is 1.24 bits per heavy atom. The van der Waals surface area contributed by atoms with E-state index in [0.717, 1.165) is 55.5 Å². The summed E-state index contributed by atoms with van der Waals surface area (Å²) in [6.07, 6.45) is 2.51. The van der Waals surface area contributed by atoms with Crippen LogP contribution in [0.25, 0.3) is 17.3 Å². The lowest BCUT2D eigenvalue weighted by molar-refractivity contribution is 0.0374. The number of halogens is 1. The van der Waals surface area contributed by atoms with Gasteiger partial charge in [0.2, 0.25) is 5.82 Å². The highest BCUT2D eigenvalue weighted by Gasteiger charge is 2.20. The molecule has 194 valence electrons. The standard InChI is InChI=1S/C25H27ClN6O3S2/c1-17-5-6-18(26)14-20(17)32-23(21-4-2-11-35-21)29-30-25(32)37-16-22-28-19(15-36-22)24(33)27-7-3-8-31-9-12-34-13-10-31/h2,4-6,11,14-15H,3,7-10,12-13,16H2,1H3,(H,27,33). The molecular formula is C25H27ClN6O3S2. The van der Waals surface area contributed by atoms with Crippen LogP contribution in [0.4, 0.5) is 0 Å². The first-order valence-corrected chi connectivity index (χ1v) is 14.2. The van der Waals surface area contributed by atoms with Crippen LogP contribution >= 0.6 is 34.7 Å². The number of thioether (sulfide) groups is 1. The Balaban J connectivity index is 1.23. The molecule has 12 heteroatoms. The largest absolute Gasteiger partial charge is 0.461 e. The zero-order valence-corrected chi connectivity index (χ0v) is 22.7. The number of hydrogen-bond donors (Lipinski definition) is 1. The summed E-state index contributed by atoms with van der Waals surface area (Å²) in [6, 6.07) is 9.37. The second-order valence-corrected chi connectivity index (χ2v) is 10.8. The maximum atomic E-state index is 12.6. The summed E-state index contributed by atoms with van der Waals surface area (Å²) in [5, 5.41) is 15.7. The van der Waals surface area contributed by atoms with E-state index in [-0.39, 0.29) is 5.91 Å². The molecule has 37 heavy (non-hydrogen) atoms. The van der Waals surface area contributed by atoms with Crippen molar-refractivity contribution in [1.29, 1.82) is 0 Å². The Hall–Kier alpha value is -2.70. The number of morpholine rings is 1. The molecule has 0 radical (unpaired) electrons. The number of nitrogens with zero attached hydrogens (tertiary/aromatic N) is 5. The van der Waals surface area contributed by atoms with E-state index < -0.39 is 0 Å². The Bertz CT molecular complexity index is 1330.